The van der Waals surface area contributed by atoms with E-state index in [1.165, 1.54) is 0 Å². The van der Waals surface area contributed by atoms with E-state index in [1.807, 2.05) is 0 Å². The van der Waals surface area contributed by atoms with Crippen molar-refractivity contribution in [1.29, 1.82) is 0 Å². The van der Waals surface area contributed by atoms with Gasteiger partial charge < -0.3 is 14.6 Å². The number of amides is 1. The van der Waals surface area contributed by atoms with Gasteiger partial charge in [0.25, 0.3) is 0 Å². The largest absolute Gasteiger partial charge is 0.471 e. The van der Waals surface area contributed by atoms with Gasteiger partial charge in [-0.05, 0) is 19.3 Å². The summed E-state index contributed by atoms with van der Waals surface area (Å²) in [5, 5.41) is 5.79. The molecule has 2 heterocycles. The molecule has 1 aliphatic rings. The highest BCUT2D eigenvalue weighted by atomic mass is 19.4. The van der Waals surface area contributed by atoms with Gasteiger partial charge >= 0.3 is 12.1 Å². The molecular weight excluding hydrogens is 279 g/mol. The summed E-state index contributed by atoms with van der Waals surface area (Å²) in [6.45, 7) is 0.688. The van der Waals surface area contributed by atoms with Crippen molar-refractivity contribution >= 4 is 5.91 Å². The molecule has 0 saturated carbocycles. The number of hydrogen-bond donors (Lipinski definition) is 1. The molecule has 1 fully saturated rings. The molecular formula is C11H14F3N3O3. The van der Waals surface area contributed by atoms with Crippen LogP contribution in [0.15, 0.2) is 4.52 Å². The first-order chi connectivity index (χ1) is 9.47. The maximum atomic E-state index is 12.2. The van der Waals surface area contributed by atoms with E-state index >= 15 is 0 Å². The van der Waals surface area contributed by atoms with E-state index in [2.05, 4.69) is 20.0 Å². The van der Waals surface area contributed by atoms with Gasteiger partial charge in [0.2, 0.25) is 5.91 Å². The van der Waals surface area contributed by atoms with Crippen LogP contribution < -0.4 is 5.32 Å². The van der Waals surface area contributed by atoms with Crippen LogP contribution in [0.2, 0.25) is 0 Å². The Labute approximate surface area is 112 Å². The quantitative estimate of drug-likeness (QED) is 0.906. The fourth-order valence-corrected chi connectivity index (χ4v) is 1.83. The van der Waals surface area contributed by atoms with E-state index in [4.69, 9.17) is 4.74 Å². The third-order valence-electron chi connectivity index (χ3n) is 2.83. The van der Waals surface area contributed by atoms with Crippen LogP contribution in [0.5, 0.6) is 0 Å². The molecule has 1 amide bonds. The number of hydrogen-bond acceptors (Lipinski definition) is 5. The highest BCUT2D eigenvalue weighted by Gasteiger charge is 2.38. The minimum Gasteiger partial charge on any atom is -0.368 e. The summed E-state index contributed by atoms with van der Waals surface area (Å²) in [6.07, 6.45) is -2.53. The van der Waals surface area contributed by atoms with Gasteiger partial charge in [-0.25, -0.2) is 0 Å². The lowest BCUT2D eigenvalue weighted by molar-refractivity contribution is -0.159. The number of aromatic nitrogens is 2. The zero-order valence-corrected chi connectivity index (χ0v) is 10.6. The third-order valence-corrected chi connectivity index (χ3v) is 2.83. The molecule has 0 spiro atoms. The fourth-order valence-electron chi connectivity index (χ4n) is 1.83. The van der Waals surface area contributed by atoms with Crippen molar-refractivity contribution in [2.45, 2.75) is 38.0 Å². The minimum atomic E-state index is -4.65. The van der Waals surface area contributed by atoms with Crippen LogP contribution in [-0.2, 0) is 22.1 Å². The van der Waals surface area contributed by atoms with Crippen molar-refractivity contribution in [2.75, 3.05) is 13.2 Å². The Bertz CT molecular complexity index is 455. The first kappa shape index (κ1) is 14.8. The highest BCUT2D eigenvalue weighted by Crippen LogP contribution is 2.27. The molecule has 112 valence electrons. The summed E-state index contributed by atoms with van der Waals surface area (Å²) < 4.78 is 46.0. The standard InChI is InChI=1S/C11H14F3N3O3/c12-11(13,14)10-16-8(17-20-10)4-5-15-9(18)7-3-1-2-6-19-7/h7H,1-6H2,(H,15,18)/t7-/m0/s1. The van der Waals surface area contributed by atoms with Gasteiger partial charge in [-0.2, -0.15) is 18.2 Å². The number of carbonyl (C=O) groups excluding carboxylic acids is 1. The number of alkyl halides is 3. The van der Waals surface area contributed by atoms with Gasteiger partial charge in [-0.3, -0.25) is 4.79 Å². The van der Waals surface area contributed by atoms with Gasteiger partial charge in [-0.15, -0.1) is 0 Å². The van der Waals surface area contributed by atoms with E-state index in [9.17, 15) is 18.0 Å². The topological polar surface area (TPSA) is 77.3 Å². The molecule has 2 rings (SSSR count). The van der Waals surface area contributed by atoms with E-state index < -0.39 is 18.2 Å². The van der Waals surface area contributed by atoms with E-state index in [1.54, 1.807) is 0 Å². The Morgan fingerprint density at radius 1 is 1.40 bits per heavy atom. The van der Waals surface area contributed by atoms with E-state index in [0.29, 0.717) is 13.0 Å². The Kier molecular flexibility index (Phi) is 4.58. The van der Waals surface area contributed by atoms with Crippen molar-refractivity contribution in [1.82, 2.24) is 15.5 Å². The number of carbonyl (C=O) groups is 1. The molecule has 1 N–H and O–H groups in total. The summed E-state index contributed by atoms with van der Waals surface area (Å²) in [6, 6.07) is 0. The van der Waals surface area contributed by atoms with Crippen molar-refractivity contribution in [3.05, 3.63) is 11.7 Å². The molecule has 1 saturated heterocycles. The van der Waals surface area contributed by atoms with Gasteiger partial charge in [0.15, 0.2) is 5.82 Å². The van der Waals surface area contributed by atoms with Crippen LogP contribution >= 0.6 is 0 Å². The molecule has 0 aromatic carbocycles. The first-order valence-corrected chi connectivity index (χ1v) is 6.26. The van der Waals surface area contributed by atoms with Gasteiger partial charge in [0.05, 0.1) is 0 Å². The summed E-state index contributed by atoms with van der Waals surface area (Å²) in [5.74, 6) is -1.74. The van der Waals surface area contributed by atoms with E-state index in [0.717, 1.165) is 12.8 Å². The second kappa shape index (κ2) is 6.21. The van der Waals surface area contributed by atoms with Gasteiger partial charge in [0.1, 0.15) is 6.10 Å². The average Bonchev–Trinajstić information content (AvgIpc) is 2.88. The van der Waals surface area contributed by atoms with Crippen LogP contribution in [0.4, 0.5) is 13.2 Å². The number of nitrogens with zero attached hydrogens (tertiary/aromatic N) is 2. The molecule has 0 radical (unpaired) electrons. The number of halogens is 3. The molecule has 0 aliphatic carbocycles. The molecule has 1 aromatic heterocycles. The summed E-state index contributed by atoms with van der Waals surface area (Å²) in [4.78, 5) is 14.9. The van der Waals surface area contributed by atoms with Crippen LogP contribution in [0.3, 0.4) is 0 Å². The molecule has 9 heteroatoms. The second-order valence-corrected chi connectivity index (χ2v) is 4.41. The predicted molar refractivity (Wildman–Crippen MR) is 59.6 cm³/mol. The normalized spacial score (nSPS) is 19.9. The van der Waals surface area contributed by atoms with Gasteiger partial charge in [0, 0.05) is 19.6 Å². The van der Waals surface area contributed by atoms with Crippen LogP contribution in [0.1, 0.15) is 31.0 Å². The number of rotatable bonds is 4. The lowest BCUT2D eigenvalue weighted by Gasteiger charge is -2.21. The predicted octanol–water partition coefficient (Wildman–Crippen LogP) is 1.32. The fraction of sp³-hybridized carbons (Fsp3) is 0.727. The Hall–Kier alpha value is -1.64. The van der Waals surface area contributed by atoms with Crippen LogP contribution in [0, 0.1) is 0 Å². The summed E-state index contributed by atoms with van der Waals surface area (Å²) >= 11 is 0. The molecule has 0 bridgehead atoms. The SMILES string of the molecule is O=C(NCCc1noc(C(F)(F)F)n1)[C@@H]1CCCCO1. The Morgan fingerprint density at radius 3 is 2.80 bits per heavy atom. The molecule has 6 nitrogen and oxygen atoms in total. The lowest BCUT2D eigenvalue weighted by Crippen LogP contribution is -2.39. The molecule has 0 unspecified atom stereocenters. The third kappa shape index (κ3) is 3.92. The van der Waals surface area contributed by atoms with Crippen molar-refractivity contribution in [3.8, 4) is 0 Å². The number of nitrogens with one attached hydrogen (secondary N) is 1. The smallest absolute Gasteiger partial charge is 0.368 e. The van der Waals surface area contributed by atoms with Crippen molar-refractivity contribution in [2.24, 2.45) is 0 Å². The molecule has 20 heavy (non-hydrogen) atoms. The summed E-state index contributed by atoms with van der Waals surface area (Å²) in [5.41, 5.74) is 0. The second-order valence-electron chi connectivity index (χ2n) is 4.41. The zero-order valence-electron chi connectivity index (χ0n) is 10.6. The lowest BCUT2D eigenvalue weighted by atomic mass is 10.1. The Balaban J connectivity index is 1.75. The maximum Gasteiger partial charge on any atom is 0.471 e. The van der Waals surface area contributed by atoms with Crippen LogP contribution in [-0.4, -0.2) is 35.3 Å². The minimum absolute atomic E-state index is 0.0675. The molecule has 1 aromatic rings. The van der Waals surface area contributed by atoms with E-state index in [-0.39, 0.29) is 24.7 Å². The highest BCUT2D eigenvalue weighted by molar-refractivity contribution is 5.80. The van der Waals surface area contributed by atoms with Gasteiger partial charge in [-0.1, -0.05) is 5.16 Å². The van der Waals surface area contributed by atoms with Crippen molar-refractivity contribution < 1.29 is 27.2 Å². The average molecular weight is 293 g/mol. The number of ether oxygens (including phenoxy) is 1. The Morgan fingerprint density at radius 2 is 2.20 bits per heavy atom. The maximum absolute atomic E-state index is 12.2. The monoisotopic (exact) mass is 293 g/mol. The zero-order chi connectivity index (χ0) is 14.6. The molecule has 1 aliphatic heterocycles. The molecule has 1 atom stereocenters. The van der Waals surface area contributed by atoms with Crippen LogP contribution in [0.25, 0.3) is 0 Å². The summed E-state index contributed by atoms with van der Waals surface area (Å²) in [7, 11) is 0. The van der Waals surface area contributed by atoms with Crippen molar-refractivity contribution in [3.63, 3.8) is 0 Å². The first-order valence-electron chi connectivity index (χ1n) is 6.26.